The molecule has 1 rings (SSSR count). The van der Waals surface area contributed by atoms with E-state index >= 15 is 0 Å². The summed E-state index contributed by atoms with van der Waals surface area (Å²) >= 11 is 0. The lowest BCUT2D eigenvalue weighted by atomic mass is 10.2. The Labute approximate surface area is 89.3 Å². The van der Waals surface area contributed by atoms with Crippen LogP contribution in [0.2, 0.25) is 0 Å². The second kappa shape index (κ2) is 5.86. The number of benzene rings is 1. The van der Waals surface area contributed by atoms with Crippen LogP contribution in [-0.4, -0.2) is 12.6 Å². The van der Waals surface area contributed by atoms with Crippen molar-refractivity contribution in [2.45, 2.75) is 13.5 Å². The summed E-state index contributed by atoms with van der Waals surface area (Å²) in [5.74, 6) is 0.465. The number of ether oxygens (including phenoxy) is 2. The summed E-state index contributed by atoms with van der Waals surface area (Å²) in [6.45, 7) is 5.70. The normalized spacial score (nSPS) is 9.40. The second-order valence-electron chi connectivity index (χ2n) is 3.03. The second-order valence-corrected chi connectivity index (χ2v) is 3.03. The first-order valence-electron chi connectivity index (χ1n) is 4.68. The molecule has 0 N–H and O–H groups in total. The molecule has 0 atom stereocenters. The van der Waals surface area contributed by atoms with Crippen LogP contribution in [0.5, 0.6) is 5.75 Å². The first kappa shape index (κ1) is 11.3. The van der Waals surface area contributed by atoms with Gasteiger partial charge in [-0.05, 0) is 17.7 Å². The molecule has 0 aliphatic heterocycles. The molecular formula is C12H14O3. The van der Waals surface area contributed by atoms with Crippen molar-refractivity contribution in [2.75, 3.05) is 6.61 Å². The summed E-state index contributed by atoms with van der Waals surface area (Å²) in [5, 5.41) is 0. The third-order valence-corrected chi connectivity index (χ3v) is 1.71. The fourth-order valence-corrected chi connectivity index (χ4v) is 1.07. The summed E-state index contributed by atoms with van der Waals surface area (Å²) in [6, 6.07) is 7.42. The zero-order chi connectivity index (χ0) is 11.1. The molecule has 0 saturated heterocycles. The Kier molecular flexibility index (Phi) is 4.41. The molecule has 3 nitrogen and oxygen atoms in total. The van der Waals surface area contributed by atoms with Crippen LogP contribution in [-0.2, 0) is 16.1 Å². The number of hydrogen-bond donors (Lipinski definition) is 0. The molecule has 0 radical (unpaired) electrons. The molecule has 0 amide bonds. The highest BCUT2D eigenvalue weighted by molar-refractivity contribution is 5.65. The lowest BCUT2D eigenvalue weighted by Crippen LogP contribution is -1.99. The molecule has 1 aromatic carbocycles. The molecule has 0 aliphatic carbocycles. The quantitative estimate of drug-likeness (QED) is 0.548. The molecule has 0 aromatic heterocycles. The van der Waals surface area contributed by atoms with Crippen LogP contribution in [0.3, 0.4) is 0 Å². The van der Waals surface area contributed by atoms with Crippen LogP contribution in [0, 0.1) is 0 Å². The molecule has 0 spiro atoms. The molecule has 15 heavy (non-hydrogen) atoms. The highest BCUT2D eigenvalue weighted by Crippen LogP contribution is 2.14. The van der Waals surface area contributed by atoms with E-state index in [1.54, 1.807) is 6.08 Å². The predicted octanol–water partition coefficient (Wildman–Crippen LogP) is 2.31. The molecule has 0 saturated carbocycles. The lowest BCUT2D eigenvalue weighted by Gasteiger charge is -2.06. The Hall–Kier alpha value is -1.77. The first-order chi connectivity index (χ1) is 7.22. The van der Waals surface area contributed by atoms with Crippen molar-refractivity contribution in [3.63, 3.8) is 0 Å². The number of esters is 1. The molecule has 80 valence electrons. The minimum atomic E-state index is -0.285. The smallest absolute Gasteiger partial charge is 0.302 e. The van der Waals surface area contributed by atoms with E-state index in [9.17, 15) is 4.79 Å². The first-order valence-corrected chi connectivity index (χ1v) is 4.68. The monoisotopic (exact) mass is 206 g/mol. The summed E-state index contributed by atoms with van der Waals surface area (Å²) in [4.78, 5) is 10.6. The summed E-state index contributed by atoms with van der Waals surface area (Å²) in [6.07, 6.45) is 1.68. The molecule has 1 aromatic rings. The van der Waals surface area contributed by atoms with Gasteiger partial charge in [0, 0.05) is 6.92 Å². The minimum Gasteiger partial charge on any atom is -0.490 e. The fourth-order valence-electron chi connectivity index (χ4n) is 1.07. The van der Waals surface area contributed by atoms with Crippen LogP contribution < -0.4 is 4.74 Å². The van der Waals surface area contributed by atoms with Gasteiger partial charge in [-0.15, -0.1) is 0 Å². The van der Waals surface area contributed by atoms with E-state index < -0.39 is 0 Å². The average Bonchev–Trinajstić information content (AvgIpc) is 2.24. The van der Waals surface area contributed by atoms with Crippen molar-refractivity contribution < 1.29 is 14.3 Å². The zero-order valence-electron chi connectivity index (χ0n) is 8.73. The van der Waals surface area contributed by atoms with E-state index in [0.717, 1.165) is 11.3 Å². The van der Waals surface area contributed by atoms with Gasteiger partial charge in [-0.1, -0.05) is 24.8 Å². The Morgan fingerprint density at radius 2 is 2.33 bits per heavy atom. The maximum atomic E-state index is 10.6. The molecule has 0 heterocycles. The standard InChI is InChI=1S/C12H14O3/c1-3-7-14-12-6-4-5-11(8-12)9-15-10(2)13/h3-6,8H,1,7,9H2,2H3. The Bertz CT molecular complexity index is 344. The average molecular weight is 206 g/mol. The van der Waals surface area contributed by atoms with E-state index in [-0.39, 0.29) is 12.6 Å². The van der Waals surface area contributed by atoms with E-state index in [1.807, 2.05) is 24.3 Å². The van der Waals surface area contributed by atoms with Crippen LogP contribution in [0.1, 0.15) is 12.5 Å². The maximum Gasteiger partial charge on any atom is 0.302 e. The van der Waals surface area contributed by atoms with Gasteiger partial charge in [0.05, 0.1) is 0 Å². The third kappa shape index (κ3) is 4.31. The maximum absolute atomic E-state index is 10.6. The number of carbonyl (C=O) groups is 1. The topological polar surface area (TPSA) is 35.5 Å². The van der Waals surface area contributed by atoms with E-state index in [4.69, 9.17) is 9.47 Å². The van der Waals surface area contributed by atoms with Crippen molar-refractivity contribution in [2.24, 2.45) is 0 Å². The third-order valence-electron chi connectivity index (χ3n) is 1.71. The van der Waals surface area contributed by atoms with Gasteiger partial charge in [-0.25, -0.2) is 0 Å². The number of hydrogen-bond acceptors (Lipinski definition) is 3. The predicted molar refractivity (Wildman–Crippen MR) is 57.6 cm³/mol. The van der Waals surface area contributed by atoms with E-state index in [0.29, 0.717) is 6.61 Å². The van der Waals surface area contributed by atoms with Crippen molar-refractivity contribution >= 4 is 5.97 Å². The lowest BCUT2D eigenvalue weighted by molar-refractivity contribution is -0.142. The fraction of sp³-hybridized carbons (Fsp3) is 0.250. The molecule has 0 bridgehead atoms. The Morgan fingerprint density at radius 3 is 3.00 bits per heavy atom. The van der Waals surface area contributed by atoms with E-state index in [2.05, 4.69) is 6.58 Å². The SMILES string of the molecule is C=CCOc1cccc(COC(C)=O)c1. The number of carbonyl (C=O) groups excluding carboxylic acids is 1. The van der Waals surface area contributed by atoms with Gasteiger partial charge < -0.3 is 9.47 Å². The molecule has 0 fully saturated rings. The molecule has 3 heteroatoms. The summed E-state index contributed by atoms with van der Waals surface area (Å²) < 4.78 is 10.2. The van der Waals surface area contributed by atoms with Crippen LogP contribution in [0.4, 0.5) is 0 Å². The van der Waals surface area contributed by atoms with Gasteiger partial charge >= 0.3 is 5.97 Å². The van der Waals surface area contributed by atoms with Gasteiger partial charge in [0.15, 0.2) is 0 Å². The van der Waals surface area contributed by atoms with Crippen molar-refractivity contribution in [3.8, 4) is 5.75 Å². The number of rotatable bonds is 5. The minimum absolute atomic E-state index is 0.278. The Morgan fingerprint density at radius 1 is 1.53 bits per heavy atom. The highest BCUT2D eigenvalue weighted by Gasteiger charge is 1.98. The zero-order valence-corrected chi connectivity index (χ0v) is 8.73. The van der Waals surface area contributed by atoms with Crippen molar-refractivity contribution in [3.05, 3.63) is 42.5 Å². The summed E-state index contributed by atoms with van der Waals surface area (Å²) in [5.41, 5.74) is 0.909. The van der Waals surface area contributed by atoms with Gasteiger partial charge in [-0.2, -0.15) is 0 Å². The largest absolute Gasteiger partial charge is 0.490 e. The van der Waals surface area contributed by atoms with Crippen LogP contribution >= 0.6 is 0 Å². The van der Waals surface area contributed by atoms with E-state index in [1.165, 1.54) is 6.92 Å². The Balaban J connectivity index is 2.57. The molecule has 0 unspecified atom stereocenters. The van der Waals surface area contributed by atoms with Crippen molar-refractivity contribution in [1.82, 2.24) is 0 Å². The van der Waals surface area contributed by atoms with Crippen LogP contribution in [0.25, 0.3) is 0 Å². The van der Waals surface area contributed by atoms with Crippen molar-refractivity contribution in [1.29, 1.82) is 0 Å². The summed E-state index contributed by atoms with van der Waals surface area (Å²) in [7, 11) is 0. The van der Waals surface area contributed by atoms with Crippen LogP contribution in [0.15, 0.2) is 36.9 Å². The highest BCUT2D eigenvalue weighted by atomic mass is 16.5. The van der Waals surface area contributed by atoms with Gasteiger partial charge in [0.2, 0.25) is 0 Å². The van der Waals surface area contributed by atoms with Gasteiger partial charge in [-0.3, -0.25) is 4.79 Å². The molecular weight excluding hydrogens is 192 g/mol. The molecule has 0 aliphatic rings. The van der Waals surface area contributed by atoms with Gasteiger partial charge in [0.25, 0.3) is 0 Å². The van der Waals surface area contributed by atoms with Gasteiger partial charge in [0.1, 0.15) is 19.0 Å².